The molecule has 0 bridgehead atoms. The Hall–Kier alpha value is -4.28. The van der Waals surface area contributed by atoms with E-state index in [4.69, 9.17) is 0 Å². The third-order valence-electron chi connectivity index (χ3n) is 5.39. The number of fused-ring (bicyclic) bond motifs is 1. The van der Waals surface area contributed by atoms with Crippen LogP contribution < -0.4 is 0 Å². The van der Waals surface area contributed by atoms with Crippen molar-refractivity contribution in [3.63, 3.8) is 0 Å². The normalized spacial score (nSPS) is 10.7. The first-order valence-electron chi connectivity index (χ1n) is 11.0. The van der Waals surface area contributed by atoms with E-state index in [1.807, 2.05) is 19.1 Å². The summed E-state index contributed by atoms with van der Waals surface area (Å²) in [5, 5.41) is 1.47. The molecule has 0 aliphatic carbocycles. The first kappa shape index (κ1) is 23.9. The number of benzene rings is 4. The van der Waals surface area contributed by atoms with E-state index < -0.39 is 17.5 Å². The lowest BCUT2D eigenvalue weighted by molar-refractivity contribution is 0.577. The molecule has 0 amide bonds. The zero-order chi connectivity index (χ0) is 24.8. The van der Waals surface area contributed by atoms with Crippen LogP contribution in [0.3, 0.4) is 0 Å². The van der Waals surface area contributed by atoms with Crippen LogP contribution in [-0.2, 0) is 6.42 Å². The van der Waals surface area contributed by atoms with Crippen molar-refractivity contribution < 1.29 is 17.6 Å². The van der Waals surface area contributed by atoms with Crippen molar-refractivity contribution in [3.05, 3.63) is 130 Å². The Bertz CT molecular complexity index is 1530. The SMILES string of the molecule is C/C=C/CCc1ccc(C#Cc2cc(F)c(C#Cc3ccc4cc(F)ccc4c3)c(F)c2)c(F)c1. The Morgan fingerprint density at radius 3 is 2.11 bits per heavy atom. The van der Waals surface area contributed by atoms with Crippen LogP contribution in [0.15, 0.2) is 78.9 Å². The van der Waals surface area contributed by atoms with Gasteiger partial charge in [0.05, 0.1) is 11.1 Å². The highest BCUT2D eigenvalue weighted by Gasteiger charge is 2.09. The largest absolute Gasteiger partial charge is 0.207 e. The second kappa shape index (κ2) is 10.8. The van der Waals surface area contributed by atoms with Crippen LogP contribution in [0.2, 0.25) is 0 Å². The Kier molecular flexibility index (Phi) is 7.34. The summed E-state index contributed by atoms with van der Waals surface area (Å²) >= 11 is 0. The third-order valence-corrected chi connectivity index (χ3v) is 5.39. The van der Waals surface area contributed by atoms with Crippen molar-refractivity contribution in [3.8, 4) is 23.7 Å². The van der Waals surface area contributed by atoms with Crippen LogP contribution >= 0.6 is 0 Å². The van der Waals surface area contributed by atoms with E-state index in [0.717, 1.165) is 29.5 Å². The molecule has 4 rings (SSSR count). The van der Waals surface area contributed by atoms with Crippen LogP contribution in [0.5, 0.6) is 0 Å². The number of allylic oxidation sites excluding steroid dienone is 2. The lowest BCUT2D eigenvalue weighted by atomic mass is 10.1. The van der Waals surface area contributed by atoms with Crippen molar-refractivity contribution in [1.29, 1.82) is 0 Å². The van der Waals surface area contributed by atoms with Gasteiger partial charge in [0.15, 0.2) is 0 Å². The number of halogens is 4. The van der Waals surface area contributed by atoms with E-state index in [0.29, 0.717) is 17.4 Å². The Morgan fingerprint density at radius 1 is 0.657 bits per heavy atom. The van der Waals surface area contributed by atoms with Gasteiger partial charge in [-0.1, -0.05) is 54.0 Å². The zero-order valence-corrected chi connectivity index (χ0v) is 18.9. The van der Waals surface area contributed by atoms with E-state index in [2.05, 4.69) is 23.7 Å². The maximum atomic E-state index is 14.6. The molecule has 35 heavy (non-hydrogen) atoms. The minimum atomic E-state index is -0.857. The van der Waals surface area contributed by atoms with Crippen molar-refractivity contribution in [2.45, 2.75) is 19.8 Å². The summed E-state index contributed by atoms with van der Waals surface area (Å²) < 4.78 is 56.9. The van der Waals surface area contributed by atoms with Gasteiger partial charge in [0.2, 0.25) is 0 Å². The Labute approximate surface area is 201 Å². The Morgan fingerprint density at radius 2 is 1.37 bits per heavy atom. The van der Waals surface area contributed by atoms with Crippen molar-refractivity contribution in [2.24, 2.45) is 0 Å². The van der Waals surface area contributed by atoms with Gasteiger partial charge in [0.1, 0.15) is 23.3 Å². The van der Waals surface area contributed by atoms with Crippen molar-refractivity contribution >= 4 is 10.8 Å². The summed E-state index contributed by atoms with van der Waals surface area (Å²) in [6, 6.07) is 16.4. The van der Waals surface area contributed by atoms with Gasteiger partial charge >= 0.3 is 0 Å². The summed E-state index contributed by atoms with van der Waals surface area (Å²) in [5.74, 6) is 8.00. The maximum Gasteiger partial charge on any atom is 0.143 e. The van der Waals surface area contributed by atoms with Gasteiger partial charge < -0.3 is 0 Å². The summed E-state index contributed by atoms with van der Waals surface area (Å²) in [5.41, 5.74) is 1.24. The predicted octanol–water partition coefficient (Wildman–Crippen LogP) is 7.70. The molecule has 0 saturated carbocycles. The fourth-order valence-corrected chi connectivity index (χ4v) is 3.57. The van der Waals surface area contributed by atoms with Gasteiger partial charge in [-0.2, -0.15) is 0 Å². The molecule has 0 heterocycles. The van der Waals surface area contributed by atoms with Crippen molar-refractivity contribution in [1.82, 2.24) is 0 Å². The van der Waals surface area contributed by atoms with Crippen LogP contribution in [0.4, 0.5) is 17.6 Å². The lowest BCUT2D eigenvalue weighted by Crippen LogP contribution is -1.93. The van der Waals surface area contributed by atoms with E-state index in [1.54, 1.807) is 36.4 Å². The topological polar surface area (TPSA) is 0 Å². The molecular formula is C31H20F4. The summed E-state index contributed by atoms with van der Waals surface area (Å²) in [6.45, 7) is 1.93. The molecule has 0 unspecified atom stereocenters. The molecule has 0 fully saturated rings. The number of rotatable bonds is 3. The molecule has 0 N–H and O–H groups in total. The monoisotopic (exact) mass is 468 g/mol. The predicted molar refractivity (Wildman–Crippen MR) is 132 cm³/mol. The molecular weight excluding hydrogens is 448 g/mol. The summed E-state index contributed by atoms with van der Waals surface area (Å²) in [4.78, 5) is 0. The van der Waals surface area contributed by atoms with Gasteiger partial charge in [-0.3, -0.25) is 0 Å². The molecule has 0 aliphatic heterocycles. The number of hydrogen-bond donors (Lipinski definition) is 0. The minimum absolute atomic E-state index is 0.0786. The third kappa shape index (κ3) is 5.99. The van der Waals surface area contributed by atoms with Crippen LogP contribution in [0.25, 0.3) is 10.8 Å². The van der Waals surface area contributed by atoms with Crippen molar-refractivity contribution in [2.75, 3.05) is 0 Å². The highest BCUT2D eigenvalue weighted by Crippen LogP contribution is 2.18. The maximum absolute atomic E-state index is 14.6. The quantitative estimate of drug-likeness (QED) is 0.164. The van der Waals surface area contributed by atoms with E-state index in [9.17, 15) is 17.6 Å². The first-order valence-corrected chi connectivity index (χ1v) is 11.0. The smallest absolute Gasteiger partial charge is 0.143 e. The molecule has 0 radical (unpaired) electrons. The molecule has 0 aliphatic rings. The standard InChI is InChI=1S/C31H20F4/c1-2-3-4-5-21-6-10-24(29(33)17-21)11-8-23-18-30(34)28(31(35)19-23)15-9-22-7-12-26-20-27(32)14-13-25(26)16-22/h2-3,6-7,10,12-14,16-20H,4-5H2,1H3/b3-2+. The van der Waals surface area contributed by atoms with E-state index in [1.165, 1.54) is 18.2 Å². The second-order valence-electron chi connectivity index (χ2n) is 7.94. The van der Waals surface area contributed by atoms with Gasteiger partial charge in [-0.05, 0) is 84.6 Å². The minimum Gasteiger partial charge on any atom is -0.207 e. The molecule has 4 heteroatoms. The molecule has 0 saturated heterocycles. The highest BCUT2D eigenvalue weighted by molar-refractivity contribution is 5.84. The first-order chi connectivity index (χ1) is 16.9. The number of aryl methyl sites for hydroxylation is 1. The van der Waals surface area contributed by atoms with Gasteiger partial charge in [0, 0.05) is 11.1 Å². The molecule has 4 aromatic carbocycles. The highest BCUT2D eigenvalue weighted by atomic mass is 19.1. The fraction of sp³-hybridized carbons (Fsp3) is 0.0968. The van der Waals surface area contributed by atoms with E-state index >= 15 is 0 Å². The van der Waals surface area contributed by atoms with Crippen LogP contribution in [-0.4, -0.2) is 0 Å². The number of hydrogen-bond acceptors (Lipinski definition) is 0. The molecule has 0 nitrogen and oxygen atoms in total. The van der Waals surface area contributed by atoms with Crippen LogP contribution in [0.1, 0.15) is 41.2 Å². The lowest BCUT2D eigenvalue weighted by Gasteiger charge is -2.01. The molecule has 172 valence electrons. The average Bonchev–Trinajstić information content (AvgIpc) is 2.83. The fourth-order valence-electron chi connectivity index (χ4n) is 3.57. The van der Waals surface area contributed by atoms with Gasteiger partial charge in [-0.25, -0.2) is 17.6 Å². The average molecular weight is 468 g/mol. The van der Waals surface area contributed by atoms with Gasteiger partial charge in [0.25, 0.3) is 0 Å². The second-order valence-corrected chi connectivity index (χ2v) is 7.94. The molecule has 4 aromatic rings. The summed E-state index contributed by atoms with van der Waals surface area (Å²) in [7, 11) is 0. The molecule has 0 spiro atoms. The van der Waals surface area contributed by atoms with E-state index in [-0.39, 0.29) is 22.5 Å². The van der Waals surface area contributed by atoms with Gasteiger partial charge in [-0.15, -0.1) is 0 Å². The molecule has 0 aromatic heterocycles. The summed E-state index contributed by atoms with van der Waals surface area (Å²) in [6.07, 6.45) is 5.48. The van der Waals surface area contributed by atoms with Crippen LogP contribution in [0, 0.1) is 47.0 Å². The zero-order valence-electron chi connectivity index (χ0n) is 18.9. The molecule has 0 atom stereocenters. The Balaban J connectivity index is 1.55.